The number of carbonyl (C=O) groups excluding carboxylic acids is 1. The molecule has 0 saturated carbocycles. The molecule has 3 rings (SSSR count). The number of aromatic nitrogens is 2. The summed E-state index contributed by atoms with van der Waals surface area (Å²) in [5, 5.41) is 14.8. The van der Waals surface area contributed by atoms with Crippen molar-refractivity contribution >= 4 is 22.4 Å². The van der Waals surface area contributed by atoms with E-state index in [1.165, 1.54) is 11.3 Å². The molecule has 0 radical (unpaired) electrons. The minimum absolute atomic E-state index is 0.105. The number of ether oxygens (including phenoxy) is 1. The van der Waals surface area contributed by atoms with Crippen molar-refractivity contribution < 1.29 is 9.53 Å². The number of benzene rings is 1. The number of hydrogen-bond acceptors (Lipinski definition) is 6. The number of nitrogens with one attached hydrogen (secondary N) is 2. The molecule has 1 atom stereocenters. The predicted octanol–water partition coefficient (Wildman–Crippen LogP) is 1.46. The summed E-state index contributed by atoms with van der Waals surface area (Å²) in [6.45, 7) is 1.79. The first-order chi connectivity index (χ1) is 10.3. The first kappa shape index (κ1) is 14.0. The van der Waals surface area contributed by atoms with E-state index in [2.05, 4.69) is 20.8 Å². The summed E-state index contributed by atoms with van der Waals surface area (Å²) < 4.78 is 5.69. The van der Waals surface area contributed by atoms with Gasteiger partial charge in [0.25, 0.3) is 5.19 Å². The molecule has 0 unspecified atom stereocenters. The maximum absolute atomic E-state index is 11.9. The molecule has 1 aliphatic heterocycles. The minimum atomic E-state index is -0.105. The minimum Gasteiger partial charge on any atom is -0.464 e. The monoisotopic (exact) mass is 304 g/mol. The molecule has 1 aromatic carbocycles. The Morgan fingerprint density at radius 2 is 2.24 bits per heavy atom. The third-order valence-electron chi connectivity index (χ3n) is 3.14. The van der Waals surface area contributed by atoms with Gasteiger partial charge in [-0.2, -0.15) is 0 Å². The molecule has 2 heterocycles. The topological polar surface area (TPSA) is 76.1 Å². The Bertz CT molecular complexity index is 596. The second-order valence-electron chi connectivity index (χ2n) is 4.82. The van der Waals surface area contributed by atoms with Crippen LogP contribution in [0.15, 0.2) is 30.3 Å². The van der Waals surface area contributed by atoms with Crippen molar-refractivity contribution in [2.75, 3.05) is 18.4 Å². The molecule has 21 heavy (non-hydrogen) atoms. The summed E-state index contributed by atoms with van der Waals surface area (Å²) in [5.41, 5.74) is 0.966. The van der Waals surface area contributed by atoms with Crippen LogP contribution in [0.25, 0.3) is 0 Å². The van der Waals surface area contributed by atoms with Gasteiger partial charge in [-0.05, 0) is 29.9 Å². The van der Waals surface area contributed by atoms with Crippen molar-refractivity contribution in [3.05, 3.63) is 35.9 Å². The number of carbonyl (C=O) groups is 1. The van der Waals surface area contributed by atoms with Crippen LogP contribution in [0.2, 0.25) is 0 Å². The molecule has 1 aliphatic rings. The van der Waals surface area contributed by atoms with Gasteiger partial charge in [0.05, 0.1) is 6.42 Å². The van der Waals surface area contributed by atoms with E-state index >= 15 is 0 Å². The van der Waals surface area contributed by atoms with E-state index < -0.39 is 0 Å². The van der Waals surface area contributed by atoms with E-state index in [-0.39, 0.29) is 12.0 Å². The van der Waals surface area contributed by atoms with Crippen molar-refractivity contribution in [2.45, 2.75) is 18.9 Å². The lowest BCUT2D eigenvalue weighted by atomic mass is 10.1. The largest absolute Gasteiger partial charge is 0.464 e. The van der Waals surface area contributed by atoms with Gasteiger partial charge in [0.15, 0.2) is 0 Å². The Labute approximate surface area is 126 Å². The molecule has 1 amide bonds. The first-order valence-electron chi connectivity index (χ1n) is 6.84. The van der Waals surface area contributed by atoms with Gasteiger partial charge in [-0.1, -0.05) is 35.4 Å². The average molecular weight is 304 g/mol. The number of amides is 1. The van der Waals surface area contributed by atoms with Crippen LogP contribution in [-0.4, -0.2) is 35.3 Å². The maximum Gasteiger partial charge on any atom is 0.296 e. The fourth-order valence-corrected chi connectivity index (χ4v) is 2.80. The van der Waals surface area contributed by atoms with Crippen LogP contribution in [0.5, 0.6) is 5.19 Å². The lowest BCUT2D eigenvalue weighted by molar-refractivity contribution is -0.115. The summed E-state index contributed by atoms with van der Waals surface area (Å²) in [7, 11) is 0. The normalized spacial score (nSPS) is 17.6. The van der Waals surface area contributed by atoms with E-state index in [9.17, 15) is 4.79 Å². The quantitative estimate of drug-likeness (QED) is 0.874. The Hall–Kier alpha value is -1.99. The van der Waals surface area contributed by atoms with Gasteiger partial charge in [-0.3, -0.25) is 4.79 Å². The number of hydrogen-bond donors (Lipinski definition) is 2. The third-order valence-corrected chi connectivity index (χ3v) is 3.87. The van der Waals surface area contributed by atoms with Gasteiger partial charge in [0, 0.05) is 6.54 Å². The zero-order valence-electron chi connectivity index (χ0n) is 11.4. The Balaban J connectivity index is 1.53. The molecular weight excluding hydrogens is 288 g/mol. The number of anilines is 1. The molecule has 6 nitrogen and oxygen atoms in total. The fourth-order valence-electron chi connectivity index (χ4n) is 2.12. The molecule has 1 saturated heterocycles. The molecule has 110 valence electrons. The van der Waals surface area contributed by atoms with E-state index in [0.717, 1.165) is 25.1 Å². The van der Waals surface area contributed by atoms with Gasteiger partial charge < -0.3 is 15.4 Å². The van der Waals surface area contributed by atoms with Crippen molar-refractivity contribution in [1.29, 1.82) is 0 Å². The molecular formula is C14H16N4O2S. The summed E-state index contributed by atoms with van der Waals surface area (Å²) in [6, 6.07) is 9.58. The highest BCUT2D eigenvalue weighted by molar-refractivity contribution is 7.17. The van der Waals surface area contributed by atoms with Crippen molar-refractivity contribution in [3.8, 4) is 5.19 Å². The van der Waals surface area contributed by atoms with Gasteiger partial charge in [0.2, 0.25) is 11.0 Å². The van der Waals surface area contributed by atoms with Gasteiger partial charge in [0.1, 0.15) is 6.10 Å². The van der Waals surface area contributed by atoms with E-state index in [4.69, 9.17) is 4.74 Å². The van der Waals surface area contributed by atoms with Crippen LogP contribution in [0.1, 0.15) is 12.0 Å². The Morgan fingerprint density at radius 1 is 1.38 bits per heavy atom. The summed E-state index contributed by atoms with van der Waals surface area (Å²) in [4.78, 5) is 11.9. The smallest absolute Gasteiger partial charge is 0.296 e. The zero-order chi connectivity index (χ0) is 14.5. The SMILES string of the molecule is O=C(Cc1ccccc1)Nc1nnc(O[C@H]2CCNC2)s1. The molecule has 0 bridgehead atoms. The third kappa shape index (κ3) is 3.99. The summed E-state index contributed by atoms with van der Waals surface area (Å²) in [6.07, 6.45) is 1.43. The molecule has 2 N–H and O–H groups in total. The van der Waals surface area contributed by atoms with Crippen LogP contribution < -0.4 is 15.4 Å². The first-order valence-corrected chi connectivity index (χ1v) is 7.66. The van der Waals surface area contributed by atoms with Crippen LogP contribution >= 0.6 is 11.3 Å². The maximum atomic E-state index is 11.9. The molecule has 1 aromatic heterocycles. The number of nitrogens with zero attached hydrogens (tertiary/aromatic N) is 2. The van der Waals surface area contributed by atoms with E-state index in [1.54, 1.807) is 0 Å². The highest BCUT2D eigenvalue weighted by Gasteiger charge is 2.18. The van der Waals surface area contributed by atoms with Crippen LogP contribution in [0.3, 0.4) is 0 Å². The van der Waals surface area contributed by atoms with Crippen LogP contribution in [-0.2, 0) is 11.2 Å². The molecule has 1 fully saturated rings. The fraction of sp³-hybridized carbons (Fsp3) is 0.357. The van der Waals surface area contributed by atoms with Crippen molar-refractivity contribution in [3.63, 3.8) is 0 Å². The predicted molar refractivity (Wildman–Crippen MR) is 80.6 cm³/mol. The standard InChI is InChI=1S/C14H16N4O2S/c19-12(8-10-4-2-1-3-5-10)16-13-17-18-14(21-13)20-11-6-7-15-9-11/h1-5,11,15H,6-9H2,(H,16,17,19)/t11-/m0/s1. The Kier molecular flexibility index (Phi) is 4.42. The second-order valence-corrected chi connectivity index (χ2v) is 5.76. The van der Waals surface area contributed by atoms with Crippen LogP contribution in [0, 0.1) is 0 Å². The number of rotatable bonds is 5. The van der Waals surface area contributed by atoms with Gasteiger partial charge in [-0.15, -0.1) is 5.10 Å². The van der Waals surface area contributed by atoms with E-state index in [0.29, 0.717) is 16.7 Å². The average Bonchev–Trinajstić information content (AvgIpc) is 3.13. The van der Waals surface area contributed by atoms with E-state index in [1.807, 2.05) is 30.3 Å². The lowest BCUT2D eigenvalue weighted by Gasteiger charge is -2.07. The van der Waals surface area contributed by atoms with Gasteiger partial charge in [-0.25, -0.2) is 0 Å². The Morgan fingerprint density at radius 3 is 3.00 bits per heavy atom. The molecule has 0 spiro atoms. The van der Waals surface area contributed by atoms with Crippen molar-refractivity contribution in [2.24, 2.45) is 0 Å². The van der Waals surface area contributed by atoms with Crippen molar-refractivity contribution in [1.82, 2.24) is 15.5 Å². The highest BCUT2D eigenvalue weighted by atomic mass is 32.1. The molecule has 0 aliphatic carbocycles. The lowest BCUT2D eigenvalue weighted by Crippen LogP contribution is -2.19. The second kappa shape index (κ2) is 6.64. The molecule has 2 aromatic rings. The van der Waals surface area contributed by atoms with Crippen LogP contribution in [0.4, 0.5) is 5.13 Å². The molecule has 7 heteroatoms. The summed E-state index contributed by atoms with van der Waals surface area (Å²) in [5.74, 6) is -0.105. The van der Waals surface area contributed by atoms with Gasteiger partial charge >= 0.3 is 0 Å². The summed E-state index contributed by atoms with van der Waals surface area (Å²) >= 11 is 1.25. The zero-order valence-corrected chi connectivity index (χ0v) is 12.2. The highest BCUT2D eigenvalue weighted by Crippen LogP contribution is 2.24.